The van der Waals surface area contributed by atoms with Crippen LogP contribution in [0, 0.1) is 6.92 Å². The lowest BCUT2D eigenvalue weighted by Crippen LogP contribution is -2.06. The second-order valence-corrected chi connectivity index (χ2v) is 7.71. The molecule has 0 aliphatic rings. The van der Waals surface area contributed by atoms with Gasteiger partial charge >= 0.3 is 0 Å². The first kappa shape index (κ1) is 21.9. The number of hydrogen-bond acceptors (Lipinski definition) is 7. The Hall–Kier alpha value is -3.36. The van der Waals surface area contributed by atoms with Crippen molar-refractivity contribution >= 4 is 29.0 Å². The van der Waals surface area contributed by atoms with Crippen molar-refractivity contribution in [2.24, 2.45) is 0 Å². The summed E-state index contributed by atoms with van der Waals surface area (Å²) in [5.74, 6) is 1.47. The van der Waals surface area contributed by atoms with E-state index < -0.39 is 0 Å². The van der Waals surface area contributed by atoms with Gasteiger partial charge in [-0.1, -0.05) is 29.3 Å². The Morgan fingerprint density at radius 3 is 2.28 bits per heavy atom. The Balaban J connectivity index is 1.85. The largest absolute Gasteiger partial charge is 0.491 e. The summed E-state index contributed by atoms with van der Waals surface area (Å²) in [6.45, 7) is 2.19. The number of hydrogen-bond donors (Lipinski definition) is 1. The van der Waals surface area contributed by atoms with Crippen molar-refractivity contribution in [3.63, 3.8) is 0 Å². The molecule has 0 bridgehead atoms. The number of rotatable bonds is 6. The van der Waals surface area contributed by atoms with Gasteiger partial charge in [0.2, 0.25) is 5.88 Å². The fourth-order valence-corrected chi connectivity index (χ4v) is 3.94. The van der Waals surface area contributed by atoms with Gasteiger partial charge in [-0.15, -0.1) is 0 Å². The molecule has 0 aliphatic carbocycles. The second kappa shape index (κ2) is 9.02. The molecular formula is C22H20Cl2N6O2. The molecule has 0 saturated carbocycles. The predicted molar refractivity (Wildman–Crippen MR) is 124 cm³/mol. The highest BCUT2D eigenvalue weighted by molar-refractivity contribution is 6.35. The maximum absolute atomic E-state index is 6.35. The minimum atomic E-state index is 0.200. The van der Waals surface area contributed by atoms with Crippen molar-refractivity contribution in [1.82, 2.24) is 24.7 Å². The molecule has 0 fully saturated rings. The zero-order chi connectivity index (χ0) is 22.8. The summed E-state index contributed by atoms with van der Waals surface area (Å²) < 4.78 is 12.7. The number of pyridine rings is 1. The van der Waals surface area contributed by atoms with E-state index in [0.717, 1.165) is 16.7 Å². The molecule has 0 aliphatic heterocycles. The van der Waals surface area contributed by atoms with Crippen LogP contribution < -0.4 is 15.2 Å². The topological polar surface area (TPSA) is 101 Å². The molecule has 4 rings (SSSR count). The summed E-state index contributed by atoms with van der Waals surface area (Å²) in [6, 6.07) is 8.99. The van der Waals surface area contributed by atoms with Crippen LogP contribution in [0.3, 0.4) is 0 Å². The summed E-state index contributed by atoms with van der Waals surface area (Å²) in [5, 5.41) is 5.78. The van der Waals surface area contributed by atoms with E-state index in [1.165, 1.54) is 7.11 Å². The molecule has 8 nitrogen and oxygen atoms in total. The van der Waals surface area contributed by atoms with Crippen molar-refractivity contribution in [3.8, 4) is 34.4 Å². The Morgan fingerprint density at radius 1 is 0.969 bits per heavy atom. The van der Waals surface area contributed by atoms with Crippen molar-refractivity contribution in [1.29, 1.82) is 0 Å². The number of ether oxygens (including phenoxy) is 2. The van der Waals surface area contributed by atoms with E-state index in [9.17, 15) is 0 Å². The minimum Gasteiger partial charge on any atom is -0.491 e. The normalized spacial score (nSPS) is 10.9. The molecule has 10 heteroatoms. The van der Waals surface area contributed by atoms with E-state index >= 15 is 0 Å². The molecule has 0 atom stereocenters. The lowest BCUT2D eigenvalue weighted by atomic mass is 10.1. The number of aromatic nitrogens is 5. The van der Waals surface area contributed by atoms with Gasteiger partial charge < -0.3 is 15.2 Å². The Kier molecular flexibility index (Phi) is 6.16. The molecule has 164 valence electrons. The predicted octanol–water partition coefficient (Wildman–Crippen LogP) is 4.67. The Morgan fingerprint density at radius 2 is 1.66 bits per heavy atom. The zero-order valence-corrected chi connectivity index (χ0v) is 19.1. The molecule has 3 aromatic heterocycles. The number of anilines is 1. The monoisotopic (exact) mass is 470 g/mol. The van der Waals surface area contributed by atoms with Gasteiger partial charge in [0.25, 0.3) is 0 Å². The van der Waals surface area contributed by atoms with Crippen LogP contribution in [0.2, 0.25) is 10.0 Å². The van der Waals surface area contributed by atoms with Gasteiger partial charge in [0, 0.05) is 39.1 Å². The first-order valence-corrected chi connectivity index (χ1v) is 10.4. The molecular weight excluding hydrogens is 451 g/mol. The molecule has 0 unspecified atom stereocenters. The van der Waals surface area contributed by atoms with Crippen LogP contribution in [0.15, 0.2) is 42.7 Å². The average Bonchev–Trinajstić information content (AvgIpc) is 3.11. The average molecular weight is 471 g/mol. The van der Waals surface area contributed by atoms with Crippen molar-refractivity contribution in [2.45, 2.75) is 13.5 Å². The quantitative estimate of drug-likeness (QED) is 0.436. The molecule has 0 spiro atoms. The van der Waals surface area contributed by atoms with Crippen LogP contribution >= 0.6 is 23.2 Å². The lowest BCUT2D eigenvalue weighted by molar-refractivity contribution is 0.364. The van der Waals surface area contributed by atoms with Gasteiger partial charge in [-0.2, -0.15) is 5.10 Å². The van der Waals surface area contributed by atoms with Crippen molar-refractivity contribution in [3.05, 3.63) is 63.9 Å². The van der Waals surface area contributed by atoms with E-state index in [4.69, 9.17) is 48.5 Å². The summed E-state index contributed by atoms with van der Waals surface area (Å²) in [4.78, 5) is 13.2. The molecule has 32 heavy (non-hydrogen) atoms. The van der Waals surface area contributed by atoms with Crippen LogP contribution in [0.4, 0.5) is 5.82 Å². The van der Waals surface area contributed by atoms with Gasteiger partial charge in [-0.25, -0.2) is 14.6 Å². The van der Waals surface area contributed by atoms with Gasteiger partial charge in [0.05, 0.1) is 20.8 Å². The fourth-order valence-electron chi connectivity index (χ4n) is 3.43. The van der Waals surface area contributed by atoms with Gasteiger partial charge in [0.1, 0.15) is 11.4 Å². The van der Waals surface area contributed by atoms with Crippen molar-refractivity contribution < 1.29 is 9.47 Å². The molecule has 4 aromatic rings. The van der Waals surface area contributed by atoms with Crippen LogP contribution in [0.1, 0.15) is 11.1 Å². The highest BCUT2D eigenvalue weighted by Crippen LogP contribution is 2.36. The standard InChI is InChI=1S/C22H20Cl2N6O2/c1-12-17(29-30(22(12)32-3)11-14-15(23)5-4-6-16(14)24)21-27-18(13-7-9-26-10-8-13)19(31-2)20(25)28-21/h4-10H,11H2,1-3H3,(H2,25,27,28). The number of benzene rings is 1. The van der Waals surface area contributed by atoms with E-state index in [1.54, 1.807) is 42.4 Å². The summed E-state index contributed by atoms with van der Waals surface area (Å²) in [6.07, 6.45) is 3.34. The first-order chi connectivity index (χ1) is 15.4. The van der Waals surface area contributed by atoms with Gasteiger partial charge in [0.15, 0.2) is 17.4 Å². The van der Waals surface area contributed by atoms with E-state index in [1.807, 2.05) is 19.1 Å². The van der Waals surface area contributed by atoms with Crippen LogP contribution in [-0.2, 0) is 6.54 Å². The highest BCUT2D eigenvalue weighted by atomic mass is 35.5. The van der Waals surface area contributed by atoms with Gasteiger partial charge in [-0.05, 0) is 31.2 Å². The molecule has 0 saturated heterocycles. The SMILES string of the molecule is COc1c(N)nc(-c2nn(Cc3c(Cl)cccc3Cl)c(OC)c2C)nc1-c1ccncc1. The lowest BCUT2D eigenvalue weighted by Gasteiger charge is -2.11. The smallest absolute Gasteiger partial charge is 0.215 e. The fraction of sp³-hybridized carbons (Fsp3) is 0.182. The zero-order valence-electron chi connectivity index (χ0n) is 17.6. The third-order valence-electron chi connectivity index (χ3n) is 4.96. The van der Waals surface area contributed by atoms with Crippen molar-refractivity contribution in [2.75, 3.05) is 20.0 Å². The Labute approximate surface area is 195 Å². The first-order valence-electron chi connectivity index (χ1n) is 9.61. The number of nitrogens with two attached hydrogens (primary N) is 1. The summed E-state index contributed by atoms with van der Waals surface area (Å²) in [7, 11) is 3.10. The molecule has 0 radical (unpaired) electrons. The van der Waals surface area contributed by atoms with E-state index in [2.05, 4.69) is 9.97 Å². The maximum atomic E-state index is 6.35. The number of methoxy groups -OCH3 is 2. The third-order valence-corrected chi connectivity index (χ3v) is 5.66. The summed E-state index contributed by atoms with van der Waals surface area (Å²) >= 11 is 12.7. The third kappa shape index (κ3) is 3.94. The minimum absolute atomic E-state index is 0.200. The molecule has 1 aromatic carbocycles. The number of nitrogen functional groups attached to an aromatic ring is 1. The number of nitrogens with zero attached hydrogens (tertiary/aromatic N) is 5. The van der Waals surface area contributed by atoms with E-state index in [-0.39, 0.29) is 5.82 Å². The van der Waals surface area contributed by atoms with Crippen LogP contribution in [0.25, 0.3) is 22.8 Å². The van der Waals surface area contributed by atoms with Crippen LogP contribution in [-0.4, -0.2) is 39.0 Å². The second-order valence-electron chi connectivity index (χ2n) is 6.89. The highest BCUT2D eigenvalue weighted by Gasteiger charge is 2.23. The molecule has 0 amide bonds. The Bertz CT molecular complexity index is 1260. The summed E-state index contributed by atoms with van der Waals surface area (Å²) in [5.41, 5.74) is 9.54. The van der Waals surface area contributed by atoms with E-state index in [0.29, 0.717) is 45.4 Å². The molecule has 2 N–H and O–H groups in total. The number of halogens is 2. The maximum Gasteiger partial charge on any atom is 0.215 e. The molecule has 3 heterocycles. The van der Waals surface area contributed by atoms with Gasteiger partial charge in [-0.3, -0.25) is 4.98 Å². The van der Waals surface area contributed by atoms with Crippen LogP contribution in [0.5, 0.6) is 11.6 Å².